The number of fused-ring (bicyclic) bond motifs is 1. The summed E-state index contributed by atoms with van der Waals surface area (Å²) in [5.74, 6) is 0. The molecule has 4 aromatic rings. The van der Waals surface area contributed by atoms with Gasteiger partial charge in [0.1, 0.15) is 0 Å². The first kappa shape index (κ1) is 24.1. The van der Waals surface area contributed by atoms with E-state index >= 15 is 0 Å². The topological polar surface area (TPSA) is 0 Å². The predicted octanol–water partition coefficient (Wildman–Crippen LogP) is 12.8. The third-order valence-corrected chi connectivity index (χ3v) is 11.0. The molecule has 0 amide bonds. The molecule has 0 fully saturated rings. The van der Waals surface area contributed by atoms with E-state index in [9.17, 15) is 0 Å². The number of rotatable bonds is 2. The van der Waals surface area contributed by atoms with Crippen LogP contribution in [0.5, 0.6) is 0 Å². The average molecular weight is 637 g/mol. The van der Waals surface area contributed by atoms with Crippen LogP contribution in [0.25, 0.3) is 30.3 Å². The van der Waals surface area contributed by atoms with Crippen molar-refractivity contribution in [3.8, 4) is 20.9 Å². The van der Waals surface area contributed by atoms with Gasteiger partial charge in [0.15, 0.2) is 0 Å². The van der Waals surface area contributed by atoms with Crippen LogP contribution in [0.2, 0.25) is 50.2 Å². The fourth-order valence-corrected chi connectivity index (χ4v) is 8.14. The lowest BCUT2D eigenvalue weighted by Crippen LogP contribution is -1.84. The van der Waals surface area contributed by atoms with E-state index in [0.717, 1.165) is 19.2 Å². The minimum absolute atomic E-state index is 0.110. The second kappa shape index (κ2) is 8.98. The van der Waals surface area contributed by atoms with Crippen LogP contribution in [0, 0.1) is 0 Å². The molecule has 0 radical (unpaired) electrons. The minimum atomic E-state index is 0.110. The highest BCUT2D eigenvalue weighted by Gasteiger charge is 2.24. The summed E-state index contributed by atoms with van der Waals surface area (Å²) in [5, 5.41) is 1.71. The Labute approximate surface area is 229 Å². The van der Waals surface area contributed by atoms with Crippen LogP contribution in [-0.2, 0) is 0 Å². The Balaban J connectivity index is 1.89. The van der Waals surface area contributed by atoms with Gasteiger partial charge in [-0.3, -0.25) is 0 Å². The number of halogens is 10. The maximum absolute atomic E-state index is 6.40. The number of hydrogen-bond donors (Lipinski definition) is 0. The van der Waals surface area contributed by atoms with E-state index in [1.165, 1.54) is 22.7 Å². The van der Waals surface area contributed by atoms with Gasteiger partial charge in [-0.25, -0.2) is 0 Å². The average Bonchev–Trinajstić information content (AvgIpc) is 3.27. The summed E-state index contributed by atoms with van der Waals surface area (Å²) in [7, 11) is 0. The molecule has 12 heteroatoms. The van der Waals surface area contributed by atoms with Gasteiger partial charge in [0, 0.05) is 30.3 Å². The number of hydrogen-bond acceptors (Lipinski definition) is 2. The maximum atomic E-state index is 6.40. The molecular formula is C18H2Cl10S2. The van der Waals surface area contributed by atoms with Gasteiger partial charge in [-0.2, -0.15) is 0 Å². The van der Waals surface area contributed by atoms with Crippen LogP contribution in [0.15, 0.2) is 12.1 Å². The largest absolute Gasteiger partial charge is 0.134 e. The zero-order valence-electron chi connectivity index (χ0n) is 13.8. The molecule has 0 unspecified atom stereocenters. The van der Waals surface area contributed by atoms with Gasteiger partial charge in [0.25, 0.3) is 0 Å². The van der Waals surface area contributed by atoms with Gasteiger partial charge in [-0.05, 0) is 12.1 Å². The maximum Gasteiger partial charge on any atom is 0.0809 e. The molecule has 0 saturated heterocycles. The van der Waals surface area contributed by atoms with E-state index in [-0.39, 0.29) is 50.2 Å². The highest BCUT2D eigenvalue weighted by Crippen LogP contribution is 2.54. The van der Waals surface area contributed by atoms with Gasteiger partial charge in [-0.1, -0.05) is 116 Å². The molecule has 0 nitrogen and oxygen atoms in total. The van der Waals surface area contributed by atoms with Crippen LogP contribution in [-0.4, -0.2) is 0 Å². The Morgan fingerprint density at radius 3 is 0.867 bits per heavy atom. The lowest BCUT2D eigenvalue weighted by atomic mass is 10.1. The second-order valence-electron chi connectivity index (χ2n) is 5.84. The molecule has 0 aliphatic heterocycles. The van der Waals surface area contributed by atoms with Crippen molar-refractivity contribution in [1.82, 2.24) is 0 Å². The smallest absolute Gasteiger partial charge is 0.0809 e. The molecule has 0 N–H and O–H groups in total. The molecule has 156 valence electrons. The fraction of sp³-hybridized carbons (Fsp3) is 0. The first-order chi connectivity index (χ1) is 14.0. The normalized spacial score (nSPS) is 11.7. The van der Waals surface area contributed by atoms with E-state index in [1.807, 2.05) is 12.1 Å². The highest BCUT2D eigenvalue weighted by molar-refractivity contribution is 7.31. The summed E-state index contributed by atoms with van der Waals surface area (Å²) in [5.41, 5.74) is 1.03. The first-order valence-corrected chi connectivity index (χ1v) is 13.0. The number of thiophene rings is 2. The van der Waals surface area contributed by atoms with Crippen LogP contribution in [0.4, 0.5) is 0 Å². The van der Waals surface area contributed by atoms with Crippen molar-refractivity contribution in [1.29, 1.82) is 0 Å². The molecule has 4 rings (SSSR count). The predicted molar refractivity (Wildman–Crippen MR) is 141 cm³/mol. The fourth-order valence-electron chi connectivity index (χ4n) is 2.72. The second-order valence-corrected chi connectivity index (χ2v) is 11.8. The molecule has 0 aliphatic carbocycles. The molecule has 2 aromatic carbocycles. The Bertz CT molecular complexity index is 1160. The SMILES string of the molecule is Clc1c(Cl)c(Cl)c(-c2cc3sc(-c4c(Cl)c(Cl)c(Cl)c(Cl)c4Cl)cc3s2)c(Cl)c1Cl. The zero-order valence-corrected chi connectivity index (χ0v) is 22.9. The van der Waals surface area contributed by atoms with Crippen molar-refractivity contribution in [2.45, 2.75) is 0 Å². The van der Waals surface area contributed by atoms with Crippen LogP contribution in [0.3, 0.4) is 0 Å². The van der Waals surface area contributed by atoms with E-state index in [1.54, 1.807) is 0 Å². The van der Waals surface area contributed by atoms with Crippen molar-refractivity contribution >= 4 is 148 Å². The molecule has 2 aromatic heterocycles. The van der Waals surface area contributed by atoms with Crippen molar-refractivity contribution in [3.63, 3.8) is 0 Å². The highest BCUT2D eigenvalue weighted by atomic mass is 35.5. The van der Waals surface area contributed by atoms with E-state index in [0.29, 0.717) is 11.1 Å². The van der Waals surface area contributed by atoms with Crippen molar-refractivity contribution in [3.05, 3.63) is 62.4 Å². The summed E-state index contributed by atoms with van der Waals surface area (Å²) in [4.78, 5) is 1.56. The lowest BCUT2D eigenvalue weighted by molar-refractivity contribution is 1.68. The van der Waals surface area contributed by atoms with E-state index in [4.69, 9.17) is 116 Å². The molecule has 0 bridgehead atoms. The summed E-state index contributed by atoms with van der Waals surface area (Å²) in [6.07, 6.45) is 0. The van der Waals surface area contributed by atoms with Crippen molar-refractivity contribution in [2.75, 3.05) is 0 Å². The van der Waals surface area contributed by atoms with Gasteiger partial charge in [0.2, 0.25) is 0 Å². The van der Waals surface area contributed by atoms with Crippen LogP contribution < -0.4 is 0 Å². The third kappa shape index (κ3) is 3.83. The zero-order chi connectivity index (χ0) is 22.1. The molecule has 0 aliphatic rings. The van der Waals surface area contributed by atoms with Gasteiger partial charge < -0.3 is 0 Å². The Morgan fingerprint density at radius 1 is 0.367 bits per heavy atom. The standard InChI is InChI=1S/C18H2Cl10S2/c19-9-7(10(20)14(24)17(27)13(9)23)5-1-3-4(30-5)2-6(29-3)8-11(21)15(25)18(28)16(26)12(8)22/h1-2H. The monoisotopic (exact) mass is 632 g/mol. The van der Waals surface area contributed by atoms with E-state index < -0.39 is 0 Å². The Kier molecular flexibility index (Phi) is 7.23. The van der Waals surface area contributed by atoms with Crippen LogP contribution in [0.1, 0.15) is 0 Å². The van der Waals surface area contributed by atoms with Crippen LogP contribution >= 0.6 is 139 Å². The van der Waals surface area contributed by atoms with E-state index in [2.05, 4.69) is 0 Å². The molecule has 0 saturated carbocycles. The van der Waals surface area contributed by atoms with Crippen molar-refractivity contribution in [2.24, 2.45) is 0 Å². The van der Waals surface area contributed by atoms with Crippen molar-refractivity contribution < 1.29 is 0 Å². The summed E-state index contributed by atoms with van der Waals surface area (Å²) >= 11 is 65.4. The minimum Gasteiger partial charge on any atom is -0.134 e. The molecule has 30 heavy (non-hydrogen) atoms. The molecule has 0 atom stereocenters. The quantitative estimate of drug-likeness (QED) is 0.152. The van der Waals surface area contributed by atoms with Gasteiger partial charge >= 0.3 is 0 Å². The Hall–Kier alpha value is 1.000. The molecular weight excluding hydrogens is 635 g/mol. The molecule has 2 heterocycles. The molecule has 0 spiro atoms. The summed E-state index contributed by atoms with van der Waals surface area (Å²) < 4.78 is 1.88. The summed E-state index contributed by atoms with van der Waals surface area (Å²) in [6, 6.07) is 3.84. The van der Waals surface area contributed by atoms with Gasteiger partial charge in [-0.15, -0.1) is 22.7 Å². The summed E-state index contributed by atoms with van der Waals surface area (Å²) in [6.45, 7) is 0. The van der Waals surface area contributed by atoms with Gasteiger partial charge in [0.05, 0.1) is 50.2 Å². The third-order valence-electron chi connectivity index (χ3n) is 4.12. The number of benzene rings is 2. The first-order valence-electron chi connectivity index (χ1n) is 7.61. The lowest BCUT2D eigenvalue weighted by Gasteiger charge is -2.11. The Morgan fingerprint density at radius 2 is 0.600 bits per heavy atom.